The van der Waals surface area contributed by atoms with E-state index in [1.54, 1.807) is 6.92 Å². The van der Waals surface area contributed by atoms with Gasteiger partial charge in [0.05, 0.1) is 18.3 Å². The fourth-order valence-electron chi connectivity index (χ4n) is 2.60. The Labute approximate surface area is 141 Å². The normalized spacial score (nSPS) is 20.0. The summed E-state index contributed by atoms with van der Waals surface area (Å²) in [5, 5.41) is 9.28. The van der Waals surface area contributed by atoms with Gasteiger partial charge in [0.25, 0.3) is 5.56 Å². The topological polar surface area (TPSA) is 87.0 Å². The second-order valence-electron chi connectivity index (χ2n) is 6.89. The predicted molar refractivity (Wildman–Crippen MR) is 89.9 cm³/mol. The van der Waals surface area contributed by atoms with Gasteiger partial charge in [0.15, 0.2) is 0 Å². The van der Waals surface area contributed by atoms with Gasteiger partial charge in [-0.15, -0.1) is 0 Å². The molecule has 0 bridgehead atoms. The van der Waals surface area contributed by atoms with E-state index in [1.165, 1.54) is 19.4 Å². The van der Waals surface area contributed by atoms with Gasteiger partial charge in [-0.1, -0.05) is 6.92 Å². The zero-order valence-electron chi connectivity index (χ0n) is 15.0. The molecule has 1 N–H and O–H groups in total. The Balaban J connectivity index is 2.49. The molecule has 1 fully saturated rings. The number of hydrogen-bond donors (Lipinski definition) is 1. The SMILES string of the molecule is CCC(C(=O)O)n1cc(OC)c(B2OC(C)(C)C(C)(C)O2)cc1=O. The highest BCUT2D eigenvalue weighted by atomic mass is 16.7. The number of carboxylic acids is 1. The lowest BCUT2D eigenvalue weighted by molar-refractivity contribution is -0.141. The first-order valence-electron chi connectivity index (χ1n) is 7.92. The monoisotopic (exact) mass is 337 g/mol. The predicted octanol–water partition coefficient (Wildman–Crippen LogP) is 1.19. The molecule has 1 aliphatic heterocycles. The first kappa shape index (κ1) is 18.5. The quantitative estimate of drug-likeness (QED) is 0.813. The molecule has 1 aromatic heterocycles. The number of aliphatic carboxylic acids is 1. The molecule has 0 amide bonds. The van der Waals surface area contributed by atoms with E-state index in [9.17, 15) is 14.7 Å². The van der Waals surface area contributed by atoms with Crippen molar-refractivity contribution in [3.8, 4) is 5.75 Å². The van der Waals surface area contributed by atoms with E-state index in [4.69, 9.17) is 14.0 Å². The molecule has 0 aliphatic carbocycles. The van der Waals surface area contributed by atoms with Gasteiger partial charge in [0.2, 0.25) is 0 Å². The molecule has 1 aliphatic rings. The first-order valence-corrected chi connectivity index (χ1v) is 7.92. The van der Waals surface area contributed by atoms with Crippen LogP contribution in [0.25, 0.3) is 0 Å². The molecule has 132 valence electrons. The Morgan fingerprint density at radius 3 is 2.29 bits per heavy atom. The smallest absolute Gasteiger partial charge is 0.496 e. The highest BCUT2D eigenvalue weighted by Gasteiger charge is 2.52. The van der Waals surface area contributed by atoms with E-state index in [0.29, 0.717) is 11.2 Å². The van der Waals surface area contributed by atoms with Crippen molar-refractivity contribution in [3.05, 3.63) is 22.6 Å². The van der Waals surface area contributed by atoms with Crippen molar-refractivity contribution in [3.63, 3.8) is 0 Å². The van der Waals surface area contributed by atoms with Gasteiger partial charge in [-0.25, -0.2) is 4.79 Å². The van der Waals surface area contributed by atoms with Crippen LogP contribution in [0.3, 0.4) is 0 Å². The van der Waals surface area contributed by atoms with Crippen LogP contribution in [0.5, 0.6) is 5.75 Å². The van der Waals surface area contributed by atoms with Gasteiger partial charge in [-0.05, 0) is 34.1 Å². The van der Waals surface area contributed by atoms with E-state index in [0.717, 1.165) is 4.57 Å². The third-order valence-corrected chi connectivity index (χ3v) is 4.81. The van der Waals surface area contributed by atoms with Crippen LogP contribution in [0, 0.1) is 0 Å². The van der Waals surface area contributed by atoms with E-state index in [-0.39, 0.29) is 6.42 Å². The largest absolute Gasteiger partial charge is 0.498 e. The summed E-state index contributed by atoms with van der Waals surface area (Å²) in [6.07, 6.45) is 1.69. The summed E-state index contributed by atoms with van der Waals surface area (Å²) in [5.74, 6) is -0.710. The molecule has 0 radical (unpaired) electrons. The van der Waals surface area contributed by atoms with E-state index in [2.05, 4.69) is 0 Å². The maximum atomic E-state index is 12.4. The summed E-state index contributed by atoms with van der Waals surface area (Å²) in [7, 11) is 0.706. The standard InChI is InChI=1S/C16H24BNO6/c1-7-11(14(20)21)18-9-12(22-6)10(8-13(18)19)17-23-15(2,3)16(4,5)24-17/h8-9,11H,7H2,1-6H3,(H,20,21). The molecule has 1 aromatic rings. The number of rotatable bonds is 5. The second kappa shape index (κ2) is 6.25. The van der Waals surface area contributed by atoms with E-state index >= 15 is 0 Å². The Morgan fingerprint density at radius 1 is 1.33 bits per heavy atom. The summed E-state index contributed by atoms with van der Waals surface area (Å²) in [6, 6.07) is 0.380. The van der Waals surface area contributed by atoms with Crippen molar-refractivity contribution < 1.29 is 23.9 Å². The Morgan fingerprint density at radius 2 is 1.88 bits per heavy atom. The molecule has 0 saturated carbocycles. The van der Waals surface area contributed by atoms with Crippen LogP contribution in [-0.4, -0.2) is 41.1 Å². The van der Waals surface area contributed by atoms with Crippen LogP contribution in [0.1, 0.15) is 47.1 Å². The molecule has 7 nitrogen and oxygen atoms in total. The van der Waals surface area contributed by atoms with Crippen molar-refractivity contribution in [1.29, 1.82) is 0 Å². The van der Waals surface area contributed by atoms with Gasteiger partial charge < -0.3 is 19.2 Å². The molecule has 1 saturated heterocycles. The number of nitrogens with zero attached hydrogens (tertiary/aromatic N) is 1. The molecule has 24 heavy (non-hydrogen) atoms. The molecule has 0 aromatic carbocycles. The zero-order valence-corrected chi connectivity index (χ0v) is 15.0. The van der Waals surface area contributed by atoms with Crippen LogP contribution < -0.4 is 15.8 Å². The number of hydrogen-bond acceptors (Lipinski definition) is 5. The lowest BCUT2D eigenvalue weighted by atomic mass is 9.79. The van der Waals surface area contributed by atoms with Gasteiger partial charge in [0, 0.05) is 17.7 Å². The molecular formula is C16H24BNO6. The maximum Gasteiger partial charge on any atom is 0.498 e. The first-order chi connectivity index (χ1) is 11.0. The van der Waals surface area contributed by atoms with Crippen molar-refractivity contribution >= 4 is 18.6 Å². The number of pyridine rings is 1. The van der Waals surface area contributed by atoms with Crippen LogP contribution in [0.2, 0.25) is 0 Å². The molecule has 2 rings (SSSR count). The van der Waals surface area contributed by atoms with Gasteiger partial charge in [0.1, 0.15) is 11.8 Å². The molecule has 2 heterocycles. The number of carboxylic acid groups (broad SMARTS) is 1. The third-order valence-electron chi connectivity index (χ3n) is 4.81. The minimum Gasteiger partial charge on any atom is -0.496 e. The lowest BCUT2D eigenvalue weighted by Gasteiger charge is -2.32. The van der Waals surface area contributed by atoms with E-state index in [1.807, 2.05) is 27.7 Å². The average molecular weight is 337 g/mol. The molecule has 1 atom stereocenters. The second-order valence-corrected chi connectivity index (χ2v) is 6.89. The molecule has 1 unspecified atom stereocenters. The van der Waals surface area contributed by atoms with Crippen LogP contribution in [0.15, 0.2) is 17.1 Å². The number of ether oxygens (including phenoxy) is 1. The maximum absolute atomic E-state index is 12.4. The minimum atomic E-state index is -1.06. The van der Waals surface area contributed by atoms with Crippen molar-refractivity contribution in [2.24, 2.45) is 0 Å². The van der Waals surface area contributed by atoms with Crippen molar-refractivity contribution in [2.75, 3.05) is 7.11 Å². The van der Waals surface area contributed by atoms with Crippen LogP contribution in [0.4, 0.5) is 0 Å². The summed E-state index contributed by atoms with van der Waals surface area (Å²) in [5.41, 5.74) is -1.08. The molecule has 0 spiro atoms. The minimum absolute atomic E-state index is 0.286. The zero-order chi connectivity index (χ0) is 18.3. The fourth-order valence-corrected chi connectivity index (χ4v) is 2.60. The summed E-state index contributed by atoms with van der Waals surface area (Å²) in [6.45, 7) is 9.37. The fraction of sp³-hybridized carbons (Fsp3) is 0.625. The lowest BCUT2D eigenvalue weighted by Crippen LogP contribution is -2.41. The van der Waals surface area contributed by atoms with Crippen molar-refractivity contribution in [1.82, 2.24) is 4.57 Å². The number of carbonyl (C=O) groups is 1. The van der Waals surface area contributed by atoms with Gasteiger partial charge >= 0.3 is 13.1 Å². The molecule has 8 heteroatoms. The Bertz CT molecular complexity index is 680. The average Bonchev–Trinajstić information content (AvgIpc) is 2.69. The van der Waals surface area contributed by atoms with Crippen LogP contribution in [-0.2, 0) is 14.1 Å². The van der Waals surface area contributed by atoms with Gasteiger partial charge in [-0.2, -0.15) is 0 Å². The Hall–Kier alpha value is -1.80. The Kier molecular flexibility index (Phi) is 4.83. The highest BCUT2D eigenvalue weighted by Crippen LogP contribution is 2.37. The third kappa shape index (κ3) is 3.08. The summed E-state index contributed by atoms with van der Waals surface area (Å²) < 4.78 is 18.4. The summed E-state index contributed by atoms with van der Waals surface area (Å²) in [4.78, 5) is 23.8. The number of aromatic nitrogens is 1. The van der Waals surface area contributed by atoms with Gasteiger partial charge in [-0.3, -0.25) is 9.36 Å². The van der Waals surface area contributed by atoms with Crippen LogP contribution >= 0.6 is 0 Å². The number of methoxy groups -OCH3 is 1. The van der Waals surface area contributed by atoms with E-state index < -0.39 is 35.9 Å². The van der Waals surface area contributed by atoms with Crippen molar-refractivity contribution in [2.45, 2.75) is 58.3 Å². The highest BCUT2D eigenvalue weighted by molar-refractivity contribution is 6.63. The summed E-state index contributed by atoms with van der Waals surface area (Å²) >= 11 is 0. The molecular weight excluding hydrogens is 313 g/mol.